The molecule has 0 saturated carbocycles. The van der Waals surface area contributed by atoms with Gasteiger partial charge in [-0.1, -0.05) is 0 Å². The molecule has 4 rings (SSSR count). The van der Waals surface area contributed by atoms with Crippen LogP contribution in [-0.4, -0.2) is 86.2 Å². The third-order valence-corrected chi connectivity index (χ3v) is 7.71. The van der Waals surface area contributed by atoms with E-state index in [2.05, 4.69) is 14.8 Å². The summed E-state index contributed by atoms with van der Waals surface area (Å²) < 4.78 is 24.8. The summed E-state index contributed by atoms with van der Waals surface area (Å²) in [6.45, 7) is 5.68. The standard InChI is InChI=1S/C21H33N5O3S/c1-30(28,29)18-15-22-21(26-11-3-2-4-12-26)23-20(18)17-7-13-25(14-8-17)19(27)16-24-9-5-6-10-24/h15,17H,2-14,16H2,1H3. The predicted octanol–water partition coefficient (Wildman–Crippen LogP) is 1.67. The van der Waals surface area contributed by atoms with Crippen molar-refractivity contribution in [2.75, 3.05) is 57.0 Å². The van der Waals surface area contributed by atoms with E-state index in [9.17, 15) is 13.2 Å². The number of nitrogens with zero attached hydrogens (tertiary/aromatic N) is 5. The maximum Gasteiger partial charge on any atom is 0.236 e. The molecule has 30 heavy (non-hydrogen) atoms. The Morgan fingerprint density at radius 1 is 1.00 bits per heavy atom. The SMILES string of the molecule is CS(=O)(=O)c1cnc(N2CCCCC2)nc1C1CCN(C(=O)CN2CCCC2)CC1. The Labute approximate surface area is 179 Å². The van der Waals surface area contributed by atoms with E-state index in [0.717, 1.165) is 51.9 Å². The van der Waals surface area contributed by atoms with E-state index in [1.54, 1.807) is 0 Å². The van der Waals surface area contributed by atoms with Crippen molar-refractivity contribution < 1.29 is 13.2 Å². The van der Waals surface area contributed by atoms with Gasteiger partial charge in [-0.3, -0.25) is 9.69 Å². The predicted molar refractivity (Wildman–Crippen MR) is 115 cm³/mol. The molecule has 1 aromatic heterocycles. The third-order valence-electron chi connectivity index (χ3n) is 6.60. The lowest BCUT2D eigenvalue weighted by atomic mass is 9.93. The second-order valence-electron chi connectivity index (χ2n) is 8.88. The van der Waals surface area contributed by atoms with Gasteiger partial charge in [-0.15, -0.1) is 0 Å². The van der Waals surface area contributed by atoms with Crippen LogP contribution in [0.5, 0.6) is 0 Å². The first-order valence-corrected chi connectivity index (χ1v) is 13.1. The quantitative estimate of drug-likeness (QED) is 0.695. The fraction of sp³-hybridized carbons (Fsp3) is 0.762. The van der Waals surface area contributed by atoms with Gasteiger partial charge in [-0.2, -0.15) is 0 Å². The van der Waals surface area contributed by atoms with Gasteiger partial charge >= 0.3 is 0 Å². The van der Waals surface area contributed by atoms with Gasteiger partial charge in [-0.05, 0) is 58.0 Å². The molecule has 1 aromatic rings. The lowest BCUT2D eigenvalue weighted by Crippen LogP contribution is -2.43. The maximum atomic E-state index is 12.6. The molecule has 0 unspecified atom stereocenters. The lowest BCUT2D eigenvalue weighted by molar-refractivity contribution is -0.133. The number of amides is 1. The summed E-state index contributed by atoms with van der Waals surface area (Å²) in [5.74, 6) is 0.872. The van der Waals surface area contributed by atoms with Crippen molar-refractivity contribution in [3.05, 3.63) is 11.9 Å². The summed E-state index contributed by atoms with van der Waals surface area (Å²) in [6, 6.07) is 0. The first-order chi connectivity index (χ1) is 14.4. The summed E-state index contributed by atoms with van der Waals surface area (Å²) in [5.41, 5.74) is 0.639. The van der Waals surface area contributed by atoms with E-state index in [4.69, 9.17) is 4.98 Å². The van der Waals surface area contributed by atoms with Gasteiger partial charge in [0.2, 0.25) is 11.9 Å². The number of likely N-dealkylation sites (tertiary alicyclic amines) is 2. The number of piperidine rings is 2. The molecule has 3 aliphatic heterocycles. The van der Waals surface area contributed by atoms with Crippen molar-refractivity contribution in [1.29, 1.82) is 0 Å². The molecule has 1 amide bonds. The zero-order chi connectivity index (χ0) is 21.1. The van der Waals surface area contributed by atoms with Crippen molar-refractivity contribution >= 4 is 21.7 Å². The van der Waals surface area contributed by atoms with Gasteiger partial charge in [-0.25, -0.2) is 18.4 Å². The van der Waals surface area contributed by atoms with Crippen molar-refractivity contribution in [3.8, 4) is 0 Å². The van der Waals surface area contributed by atoms with Crippen LogP contribution >= 0.6 is 0 Å². The van der Waals surface area contributed by atoms with Crippen LogP contribution < -0.4 is 4.90 Å². The Kier molecular flexibility index (Phi) is 6.57. The Balaban J connectivity index is 1.47. The molecule has 0 aromatic carbocycles. The second-order valence-corrected chi connectivity index (χ2v) is 10.9. The number of aromatic nitrogens is 2. The normalized spacial score (nSPS) is 21.9. The molecule has 3 fully saturated rings. The number of hydrogen-bond acceptors (Lipinski definition) is 7. The van der Waals surface area contributed by atoms with Gasteiger partial charge in [0.05, 0.1) is 18.4 Å². The van der Waals surface area contributed by atoms with E-state index < -0.39 is 9.84 Å². The first kappa shape index (κ1) is 21.5. The maximum absolute atomic E-state index is 12.6. The van der Waals surface area contributed by atoms with Gasteiger partial charge < -0.3 is 9.80 Å². The highest BCUT2D eigenvalue weighted by atomic mass is 32.2. The molecule has 3 saturated heterocycles. The average molecular weight is 436 g/mol. The van der Waals surface area contributed by atoms with Crippen LogP contribution in [0, 0.1) is 0 Å². The number of rotatable bonds is 5. The van der Waals surface area contributed by atoms with Crippen molar-refractivity contribution in [1.82, 2.24) is 19.8 Å². The number of anilines is 1. The van der Waals surface area contributed by atoms with Crippen molar-refractivity contribution in [2.24, 2.45) is 0 Å². The number of hydrogen-bond donors (Lipinski definition) is 0. The molecule has 8 nitrogen and oxygen atoms in total. The zero-order valence-corrected chi connectivity index (χ0v) is 18.7. The third kappa shape index (κ3) is 4.94. The minimum Gasteiger partial charge on any atom is -0.342 e. The topological polar surface area (TPSA) is 86.7 Å². The first-order valence-electron chi connectivity index (χ1n) is 11.2. The van der Waals surface area contributed by atoms with E-state index in [1.165, 1.54) is 31.7 Å². The fourth-order valence-electron chi connectivity index (χ4n) is 4.83. The van der Waals surface area contributed by atoms with Crippen LogP contribution in [0.15, 0.2) is 11.1 Å². The molecule has 4 heterocycles. The average Bonchev–Trinajstić information content (AvgIpc) is 3.26. The highest BCUT2D eigenvalue weighted by Gasteiger charge is 2.30. The van der Waals surface area contributed by atoms with Crippen LogP contribution in [0.4, 0.5) is 5.95 Å². The molecule has 9 heteroatoms. The summed E-state index contributed by atoms with van der Waals surface area (Å²) in [6.07, 6.45) is 10.0. The fourth-order valence-corrected chi connectivity index (χ4v) is 5.67. The summed E-state index contributed by atoms with van der Waals surface area (Å²) in [4.78, 5) is 28.4. The second kappa shape index (κ2) is 9.18. The van der Waals surface area contributed by atoms with Crippen LogP contribution in [0.1, 0.15) is 56.6 Å². The molecule has 0 aliphatic carbocycles. The molecule has 0 N–H and O–H groups in total. The smallest absolute Gasteiger partial charge is 0.236 e. The van der Waals surface area contributed by atoms with Gasteiger partial charge in [0.25, 0.3) is 0 Å². The molecule has 0 bridgehead atoms. The van der Waals surface area contributed by atoms with Gasteiger partial charge in [0, 0.05) is 38.4 Å². The largest absolute Gasteiger partial charge is 0.342 e. The monoisotopic (exact) mass is 435 g/mol. The molecule has 3 aliphatic rings. The Morgan fingerprint density at radius 3 is 2.27 bits per heavy atom. The molecule has 166 valence electrons. The molecular formula is C21H33N5O3S. The highest BCUT2D eigenvalue weighted by molar-refractivity contribution is 7.90. The van der Waals surface area contributed by atoms with Crippen LogP contribution in [0.25, 0.3) is 0 Å². The van der Waals surface area contributed by atoms with Crippen LogP contribution in [0.2, 0.25) is 0 Å². The van der Waals surface area contributed by atoms with E-state index in [1.807, 2.05) is 4.90 Å². The number of carbonyl (C=O) groups is 1. The van der Waals surface area contributed by atoms with Gasteiger partial charge in [0.1, 0.15) is 4.90 Å². The Bertz CT molecular complexity index is 855. The van der Waals surface area contributed by atoms with E-state index in [-0.39, 0.29) is 16.7 Å². The lowest BCUT2D eigenvalue weighted by Gasteiger charge is -2.34. The van der Waals surface area contributed by atoms with Crippen LogP contribution in [-0.2, 0) is 14.6 Å². The van der Waals surface area contributed by atoms with E-state index in [0.29, 0.717) is 31.3 Å². The Hall–Kier alpha value is -1.74. The summed E-state index contributed by atoms with van der Waals surface area (Å²) >= 11 is 0. The van der Waals surface area contributed by atoms with Gasteiger partial charge in [0.15, 0.2) is 9.84 Å². The molecule has 0 spiro atoms. The number of carbonyl (C=O) groups excluding carboxylic acids is 1. The number of sulfone groups is 1. The van der Waals surface area contributed by atoms with Crippen LogP contribution in [0.3, 0.4) is 0 Å². The van der Waals surface area contributed by atoms with Crippen molar-refractivity contribution in [3.63, 3.8) is 0 Å². The summed E-state index contributed by atoms with van der Waals surface area (Å²) in [5, 5.41) is 0. The Morgan fingerprint density at radius 2 is 1.63 bits per heavy atom. The minimum absolute atomic E-state index is 0.0390. The van der Waals surface area contributed by atoms with E-state index >= 15 is 0 Å². The molecular weight excluding hydrogens is 402 g/mol. The molecule has 0 radical (unpaired) electrons. The summed E-state index contributed by atoms with van der Waals surface area (Å²) in [7, 11) is -3.41. The van der Waals surface area contributed by atoms with Crippen molar-refractivity contribution in [2.45, 2.75) is 55.8 Å². The minimum atomic E-state index is -3.41. The highest BCUT2D eigenvalue weighted by Crippen LogP contribution is 2.32. The molecule has 0 atom stereocenters. The zero-order valence-electron chi connectivity index (χ0n) is 17.9.